The number of aryl methyl sites for hydroxylation is 1. The largest absolute Gasteiger partial charge is 0.344 e. The second-order valence-corrected chi connectivity index (χ2v) is 9.08. The van der Waals surface area contributed by atoms with Crippen LogP contribution in [0.2, 0.25) is 0 Å². The lowest BCUT2D eigenvalue weighted by Crippen LogP contribution is -2.28. The molecule has 33 heavy (non-hydrogen) atoms. The first-order valence-electron chi connectivity index (χ1n) is 11.4. The van der Waals surface area contributed by atoms with Crippen LogP contribution in [0.5, 0.6) is 0 Å². The normalized spacial score (nSPS) is 13.2. The molecule has 2 unspecified atom stereocenters. The highest BCUT2D eigenvalue weighted by Crippen LogP contribution is 2.27. The van der Waals surface area contributed by atoms with Crippen LogP contribution in [0, 0.1) is 0 Å². The lowest BCUT2D eigenvalue weighted by Gasteiger charge is -2.18. The SMILES string of the molecule is CCC(C)c1ccc(C(CC)NC(=O)c2cc3nccc(-c4nn(CC)cc4Br)n3n2)cc1. The van der Waals surface area contributed by atoms with E-state index in [2.05, 4.69) is 81.5 Å². The summed E-state index contributed by atoms with van der Waals surface area (Å²) in [5, 5.41) is 12.3. The Balaban J connectivity index is 1.59. The van der Waals surface area contributed by atoms with E-state index in [-0.39, 0.29) is 11.9 Å². The molecule has 0 aliphatic carbocycles. The predicted molar refractivity (Wildman–Crippen MR) is 133 cm³/mol. The van der Waals surface area contributed by atoms with E-state index in [0.29, 0.717) is 17.3 Å². The van der Waals surface area contributed by atoms with Crippen molar-refractivity contribution in [3.05, 3.63) is 70.1 Å². The minimum absolute atomic E-state index is 0.0879. The average molecular weight is 509 g/mol. The molecule has 0 aliphatic heterocycles. The van der Waals surface area contributed by atoms with Gasteiger partial charge in [0, 0.05) is 25.0 Å². The van der Waals surface area contributed by atoms with Gasteiger partial charge in [-0.3, -0.25) is 9.48 Å². The standard InChI is InChI=1S/C25H29BrN6O/c1-5-16(4)17-8-10-18(11-9-17)20(6-2)28-25(33)21-14-23-27-13-12-22(32(23)29-21)24-19(26)15-31(7-3)30-24/h8-16,20H,5-7H2,1-4H3,(H,28,33). The van der Waals surface area contributed by atoms with Crippen LogP contribution in [-0.2, 0) is 6.54 Å². The summed E-state index contributed by atoms with van der Waals surface area (Å²) in [6.45, 7) is 9.28. The summed E-state index contributed by atoms with van der Waals surface area (Å²) in [6, 6.07) is 12.0. The van der Waals surface area contributed by atoms with Gasteiger partial charge < -0.3 is 5.32 Å². The molecule has 8 heteroatoms. The molecule has 3 heterocycles. The van der Waals surface area contributed by atoms with Crippen LogP contribution in [0.4, 0.5) is 0 Å². The van der Waals surface area contributed by atoms with Crippen molar-refractivity contribution in [2.75, 3.05) is 0 Å². The molecule has 4 aromatic rings. The Morgan fingerprint density at radius 2 is 1.79 bits per heavy atom. The van der Waals surface area contributed by atoms with Crippen molar-refractivity contribution in [3.63, 3.8) is 0 Å². The molecule has 3 aromatic heterocycles. The van der Waals surface area contributed by atoms with Crippen molar-refractivity contribution in [3.8, 4) is 11.4 Å². The molecule has 7 nitrogen and oxygen atoms in total. The molecule has 1 N–H and O–H groups in total. The molecule has 0 fully saturated rings. The van der Waals surface area contributed by atoms with Gasteiger partial charge >= 0.3 is 0 Å². The Morgan fingerprint density at radius 3 is 2.42 bits per heavy atom. The fourth-order valence-corrected chi connectivity index (χ4v) is 4.38. The van der Waals surface area contributed by atoms with E-state index in [1.165, 1.54) is 5.56 Å². The topological polar surface area (TPSA) is 77.1 Å². The van der Waals surface area contributed by atoms with E-state index in [1.54, 1.807) is 16.8 Å². The first-order valence-corrected chi connectivity index (χ1v) is 12.2. The number of benzene rings is 1. The molecule has 0 aliphatic rings. The molecule has 0 saturated heterocycles. The number of nitrogens with one attached hydrogen (secondary N) is 1. The second kappa shape index (κ2) is 9.87. The van der Waals surface area contributed by atoms with Crippen LogP contribution in [0.25, 0.3) is 17.0 Å². The molecule has 172 valence electrons. The maximum atomic E-state index is 13.1. The maximum absolute atomic E-state index is 13.1. The number of carbonyl (C=O) groups is 1. The Hall–Kier alpha value is -3.00. The molecule has 0 bridgehead atoms. The number of halogens is 1. The van der Waals surface area contributed by atoms with Gasteiger partial charge in [-0.1, -0.05) is 45.0 Å². The first kappa shape index (κ1) is 23.2. The monoisotopic (exact) mass is 508 g/mol. The highest BCUT2D eigenvalue weighted by Gasteiger charge is 2.20. The quantitative estimate of drug-likeness (QED) is 0.327. The molecule has 4 rings (SSSR count). The Morgan fingerprint density at radius 1 is 1.06 bits per heavy atom. The Bertz CT molecular complexity index is 1260. The number of carbonyl (C=O) groups excluding carboxylic acids is 1. The third-order valence-electron chi connectivity index (χ3n) is 6.11. The summed E-state index contributed by atoms with van der Waals surface area (Å²) in [6.07, 6.45) is 5.52. The number of hydrogen-bond acceptors (Lipinski definition) is 4. The smallest absolute Gasteiger partial charge is 0.272 e. The van der Waals surface area contributed by atoms with Gasteiger partial charge in [-0.05, 0) is 58.8 Å². The van der Waals surface area contributed by atoms with E-state index in [4.69, 9.17) is 0 Å². The van der Waals surface area contributed by atoms with Gasteiger partial charge in [0.05, 0.1) is 16.2 Å². The highest BCUT2D eigenvalue weighted by molar-refractivity contribution is 9.10. The number of aromatic nitrogens is 5. The zero-order valence-electron chi connectivity index (χ0n) is 19.4. The zero-order valence-corrected chi connectivity index (χ0v) is 21.0. The van der Waals surface area contributed by atoms with Crippen LogP contribution < -0.4 is 5.32 Å². The third kappa shape index (κ3) is 4.71. The van der Waals surface area contributed by atoms with E-state index in [1.807, 2.05) is 23.9 Å². The van der Waals surface area contributed by atoms with Crippen molar-refractivity contribution in [1.82, 2.24) is 29.7 Å². The third-order valence-corrected chi connectivity index (χ3v) is 6.69. The fraction of sp³-hybridized carbons (Fsp3) is 0.360. The number of amides is 1. The predicted octanol–water partition coefficient (Wildman–Crippen LogP) is 5.77. The Kier molecular flexibility index (Phi) is 6.93. The molecule has 2 atom stereocenters. The fourth-order valence-electron chi connectivity index (χ4n) is 3.86. The van der Waals surface area contributed by atoms with Gasteiger partial charge in [-0.25, -0.2) is 9.50 Å². The van der Waals surface area contributed by atoms with Gasteiger partial charge in [0.25, 0.3) is 5.91 Å². The number of fused-ring (bicyclic) bond motifs is 1. The zero-order chi connectivity index (χ0) is 23.5. The van der Waals surface area contributed by atoms with Crippen molar-refractivity contribution in [1.29, 1.82) is 0 Å². The van der Waals surface area contributed by atoms with Crippen molar-refractivity contribution >= 4 is 27.5 Å². The number of hydrogen-bond donors (Lipinski definition) is 1. The van der Waals surface area contributed by atoms with E-state index in [9.17, 15) is 4.79 Å². The van der Waals surface area contributed by atoms with Gasteiger partial charge in [0.15, 0.2) is 11.3 Å². The van der Waals surface area contributed by atoms with Crippen LogP contribution in [0.1, 0.15) is 74.1 Å². The van der Waals surface area contributed by atoms with E-state index < -0.39 is 0 Å². The van der Waals surface area contributed by atoms with Gasteiger partial charge in [0.2, 0.25) is 0 Å². The van der Waals surface area contributed by atoms with Crippen molar-refractivity contribution in [2.45, 2.75) is 59.0 Å². The molecule has 1 amide bonds. The minimum atomic E-state index is -0.220. The minimum Gasteiger partial charge on any atom is -0.344 e. The van der Waals surface area contributed by atoms with Crippen LogP contribution in [-0.4, -0.2) is 30.3 Å². The van der Waals surface area contributed by atoms with Gasteiger partial charge in [0.1, 0.15) is 5.69 Å². The maximum Gasteiger partial charge on any atom is 0.272 e. The summed E-state index contributed by atoms with van der Waals surface area (Å²) in [5.41, 5.74) is 4.86. The van der Waals surface area contributed by atoms with Crippen molar-refractivity contribution < 1.29 is 4.79 Å². The van der Waals surface area contributed by atoms with Gasteiger partial charge in [-0.2, -0.15) is 10.2 Å². The van der Waals surface area contributed by atoms with Crippen LogP contribution >= 0.6 is 15.9 Å². The van der Waals surface area contributed by atoms with Gasteiger partial charge in [-0.15, -0.1) is 0 Å². The lowest BCUT2D eigenvalue weighted by atomic mass is 9.95. The summed E-state index contributed by atoms with van der Waals surface area (Å²) in [7, 11) is 0. The summed E-state index contributed by atoms with van der Waals surface area (Å²) >= 11 is 3.58. The molecular weight excluding hydrogens is 480 g/mol. The summed E-state index contributed by atoms with van der Waals surface area (Å²) < 4.78 is 4.38. The van der Waals surface area contributed by atoms with E-state index >= 15 is 0 Å². The molecule has 0 radical (unpaired) electrons. The molecule has 0 spiro atoms. The van der Waals surface area contributed by atoms with Crippen LogP contribution in [0.3, 0.4) is 0 Å². The van der Waals surface area contributed by atoms with Crippen molar-refractivity contribution in [2.24, 2.45) is 0 Å². The summed E-state index contributed by atoms with van der Waals surface area (Å²) in [5.74, 6) is 0.305. The van der Waals surface area contributed by atoms with E-state index in [0.717, 1.165) is 40.8 Å². The Labute approximate surface area is 202 Å². The molecule has 1 aromatic carbocycles. The van der Waals surface area contributed by atoms with Crippen LogP contribution in [0.15, 0.2) is 53.3 Å². The average Bonchev–Trinajstić information content (AvgIpc) is 3.45. The molecular formula is C25H29BrN6O. The lowest BCUT2D eigenvalue weighted by molar-refractivity contribution is 0.0930. The number of nitrogens with zero attached hydrogens (tertiary/aromatic N) is 5. The molecule has 0 saturated carbocycles. The number of rotatable bonds is 8. The first-order chi connectivity index (χ1) is 15.9. The highest BCUT2D eigenvalue weighted by atomic mass is 79.9. The second-order valence-electron chi connectivity index (χ2n) is 8.22. The summed E-state index contributed by atoms with van der Waals surface area (Å²) in [4.78, 5) is 17.5.